The van der Waals surface area contributed by atoms with Gasteiger partial charge in [0.05, 0.1) is 12.0 Å². The van der Waals surface area contributed by atoms with Crippen LogP contribution in [-0.4, -0.2) is 41.3 Å². The van der Waals surface area contributed by atoms with Crippen LogP contribution in [0.1, 0.15) is 75.5 Å². The highest BCUT2D eigenvalue weighted by Gasteiger charge is 2.43. The van der Waals surface area contributed by atoms with Crippen LogP contribution in [0.25, 0.3) is 10.8 Å². The average Bonchev–Trinajstić information content (AvgIpc) is 2.83. The Hall–Kier alpha value is -2.49. The van der Waals surface area contributed by atoms with E-state index >= 15 is 0 Å². The van der Waals surface area contributed by atoms with Crippen molar-refractivity contribution in [1.82, 2.24) is 4.90 Å². The third-order valence-corrected chi connectivity index (χ3v) is 7.95. The fourth-order valence-corrected chi connectivity index (χ4v) is 6.11. The fourth-order valence-electron chi connectivity index (χ4n) is 6.11. The van der Waals surface area contributed by atoms with Crippen LogP contribution < -0.4 is 4.74 Å². The lowest BCUT2D eigenvalue weighted by Gasteiger charge is -2.38. The molecule has 4 nitrogen and oxygen atoms in total. The minimum absolute atomic E-state index is 0.0139. The van der Waals surface area contributed by atoms with Gasteiger partial charge < -0.3 is 9.84 Å². The van der Waals surface area contributed by atoms with Gasteiger partial charge in [-0.15, -0.1) is 0 Å². The predicted molar refractivity (Wildman–Crippen MR) is 131 cm³/mol. The number of benzene rings is 2. The van der Waals surface area contributed by atoms with Crippen molar-refractivity contribution in [3.05, 3.63) is 41.5 Å². The second-order valence-electron chi connectivity index (χ2n) is 10.6. The number of likely N-dealkylation sites (tertiary alicyclic amines) is 1. The number of alkyl halides is 6. The highest BCUT2D eigenvalue weighted by Crippen LogP contribution is 2.44. The van der Waals surface area contributed by atoms with E-state index in [-0.39, 0.29) is 55.2 Å². The summed E-state index contributed by atoms with van der Waals surface area (Å²) in [5, 5.41) is 9.57. The summed E-state index contributed by atoms with van der Waals surface area (Å²) >= 11 is 0. The van der Waals surface area contributed by atoms with Gasteiger partial charge >= 0.3 is 18.3 Å². The number of nitrogens with zero attached hydrogens (tertiary/aromatic N) is 1. The highest BCUT2D eigenvalue weighted by atomic mass is 19.4. The zero-order valence-corrected chi connectivity index (χ0v) is 21.2. The lowest BCUT2D eigenvalue weighted by atomic mass is 9.87. The molecule has 10 heteroatoms. The largest absolute Gasteiger partial charge is 0.490 e. The molecule has 210 valence electrons. The first-order chi connectivity index (χ1) is 17.9. The van der Waals surface area contributed by atoms with E-state index in [2.05, 4.69) is 4.90 Å². The lowest BCUT2D eigenvalue weighted by molar-refractivity contribution is -0.185. The molecule has 0 bridgehead atoms. The van der Waals surface area contributed by atoms with E-state index in [1.54, 1.807) is 18.2 Å². The van der Waals surface area contributed by atoms with Gasteiger partial charge in [0.15, 0.2) is 0 Å². The number of halogens is 6. The molecule has 1 saturated carbocycles. The Balaban J connectivity index is 1.58. The number of piperidine rings is 1. The molecule has 0 aromatic heterocycles. The number of carboxylic acids is 1. The predicted octanol–water partition coefficient (Wildman–Crippen LogP) is 8.00. The van der Waals surface area contributed by atoms with Crippen LogP contribution in [-0.2, 0) is 11.0 Å². The van der Waals surface area contributed by atoms with Crippen molar-refractivity contribution in [2.45, 2.75) is 82.8 Å². The molecular weight excluding hydrogens is 512 g/mol. The van der Waals surface area contributed by atoms with Gasteiger partial charge in [0.1, 0.15) is 11.3 Å². The Kier molecular flexibility index (Phi) is 8.49. The molecule has 2 fully saturated rings. The number of fused-ring (bicyclic) bond motifs is 1. The van der Waals surface area contributed by atoms with Crippen LogP contribution in [0.4, 0.5) is 26.3 Å². The number of carbonyl (C=O) groups is 1. The van der Waals surface area contributed by atoms with Crippen molar-refractivity contribution < 1.29 is 41.0 Å². The van der Waals surface area contributed by atoms with E-state index < -0.39 is 35.9 Å². The number of hydrogen-bond acceptors (Lipinski definition) is 3. The van der Waals surface area contributed by atoms with Crippen molar-refractivity contribution in [3.63, 3.8) is 0 Å². The lowest BCUT2D eigenvalue weighted by Crippen LogP contribution is -2.38. The minimum atomic E-state index is -4.71. The summed E-state index contributed by atoms with van der Waals surface area (Å²) in [5.41, 5.74) is -0.0460. The number of ether oxygens (including phenoxy) is 1. The number of rotatable bonds is 7. The van der Waals surface area contributed by atoms with E-state index in [9.17, 15) is 36.2 Å². The molecule has 0 amide bonds. The van der Waals surface area contributed by atoms with E-state index in [4.69, 9.17) is 4.74 Å². The topological polar surface area (TPSA) is 49.8 Å². The maximum atomic E-state index is 14.2. The molecule has 0 spiro atoms. The quantitative estimate of drug-likeness (QED) is 0.358. The van der Waals surface area contributed by atoms with Crippen LogP contribution >= 0.6 is 0 Å². The van der Waals surface area contributed by atoms with Gasteiger partial charge in [-0.1, -0.05) is 25.1 Å². The first-order valence-electron chi connectivity index (χ1n) is 13.2. The van der Waals surface area contributed by atoms with Crippen LogP contribution in [0.5, 0.6) is 5.75 Å². The molecule has 2 aliphatic rings. The fraction of sp³-hybridized carbons (Fsp3) is 0.607. The van der Waals surface area contributed by atoms with Crippen LogP contribution in [0.15, 0.2) is 30.3 Å². The van der Waals surface area contributed by atoms with Gasteiger partial charge in [0.2, 0.25) is 0 Å². The number of hydrogen-bond donors (Lipinski definition) is 1. The van der Waals surface area contributed by atoms with Crippen molar-refractivity contribution in [2.75, 3.05) is 13.1 Å². The van der Waals surface area contributed by atoms with Gasteiger partial charge in [-0.05, 0) is 85.9 Å². The first-order valence-corrected chi connectivity index (χ1v) is 13.2. The van der Waals surface area contributed by atoms with Crippen LogP contribution in [0, 0.1) is 11.8 Å². The normalized spacial score (nSPS) is 24.3. The molecule has 1 aliphatic carbocycles. The molecule has 2 aromatic carbocycles. The average molecular weight is 546 g/mol. The summed E-state index contributed by atoms with van der Waals surface area (Å²) in [6.45, 7) is 3.42. The summed E-state index contributed by atoms with van der Waals surface area (Å²) in [6, 6.07) is 7.67. The summed E-state index contributed by atoms with van der Waals surface area (Å²) in [7, 11) is 0. The van der Waals surface area contributed by atoms with E-state index in [1.165, 1.54) is 12.1 Å². The SMILES string of the molecule is CCC(c1ccc2c(C(F)(F)F)c(OC3CCC(C(F)(F)F)CC3)ccc2c1)N1CCC[C@H](CC(=O)O)C1. The molecule has 1 unspecified atom stereocenters. The van der Waals surface area contributed by atoms with Gasteiger partial charge in [-0.25, -0.2) is 0 Å². The Morgan fingerprint density at radius 2 is 1.76 bits per heavy atom. The van der Waals surface area contributed by atoms with Gasteiger partial charge in [0.25, 0.3) is 0 Å². The summed E-state index contributed by atoms with van der Waals surface area (Å²) in [4.78, 5) is 13.4. The molecule has 1 saturated heterocycles. The zero-order chi connectivity index (χ0) is 27.7. The van der Waals surface area contributed by atoms with Crippen LogP contribution in [0.2, 0.25) is 0 Å². The monoisotopic (exact) mass is 545 g/mol. The van der Waals surface area contributed by atoms with Crippen molar-refractivity contribution >= 4 is 16.7 Å². The smallest absolute Gasteiger partial charge is 0.420 e. The molecule has 1 N–H and O–H groups in total. The van der Waals surface area contributed by atoms with Crippen molar-refractivity contribution in [1.29, 1.82) is 0 Å². The minimum Gasteiger partial charge on any atom is -0.490 e. The molecule has 4 rings (SSSR count). The Bertz CT molecular complexity index is 1120. The third-order valence-electron chi connectivity index (χ3n) is 7.95. The van der Waals surface area contributed by atoms with E-state index in [1.807, 2.05) is 6.92 Å². The molecule has 2 aromatic rings. The molecule has 38 heavy (non-hydrogen) atoms. The Morgan fingerprint density at radius 1 is 1.05 bits per heavy atom. The van der Waals surface area contributed by atoms with Crippen molar-refractivity contribution in [2.24, 2.45) is 11.8 Å². The standard InChI is InChI=1S/C28H33F6NO3/c1-2-23(35-13-3-4-17(16-35)14-25(36)37)19-5-11-22-18(15-19)6-12-24(26(22)28(32,33)34)38-21-9-7-20(8-10-21)27(29,30)31/h5-6,11-12,15,17,20-21,23H,2-4,7-10,13-14,16H2,1H3,(H,36,37)/t17-,20?,21?,23?/m1/s1. The maximum Gasteiger partial charge on any atom is 0.420 e. The molecule has 0 radical (unpaired) electrons. The first kappa shape index (κ1) is 28.5. The number of carboxylic acid groups (broad SMARTS) is 1. The summed E-state index contributed by atoms with van der Waals surface area (Å²) < 4.78 is 87.3. The highest BCUT2D eigenvalue weighted by molar-refractivity contribution is 5.89. The zero-order valence-electron chi connectivity index (χ0n) is 21.2. The van der Waals surface area contributed by atoms with Crippen molar-refractivity contribution in [3.8, 4) is 5.75 Å². The maximum absolute atomic E-state index is 14.2. The number of aliphatic carboxylic acids is 1. The molecule has 1 heterocycles. The molecule has 1 aliphatic heterocycles. The Labute approximate surface area is 217 Å². The van der Waals surface area contributed by atoms with Gasteiger partial charge in [-0.2, -0.15) is 26.3 Å². The Morgan fingerprint density at radius 3 is 2.37 bits per heavy atom. The second-order valence-corrected chi connectivity index (χ2v) is 10.6. The molecular formula is C28H33F6NO3. The second kappa shape index (κ2) is 11.3. The third kappa shape index (κ3) is 6.55. The van der Waals surface area contributed by atoms with E-state index in [0.29, 0.717) is 11.9 Å². The van der Waals surface area contributed by atoms with Gasteiger partial charge in [-0.3, -0.25) is 9.69 Å². The van der Waals surface area contributed by atoms with E-state index in [0.717, 1.165) is 31.4 Å². The summed E-state index contributed by atoms with van der Waals surface area (Å²) in [5.74, 6) is -2.58. The molecule has 2 atom stereocenters. The van der Waals surface area contributed by atoms with Crippen LogP contribution in [0.3, 0.4) is 0 Å². The van der Waals surface area contributed by atoms with Gasteiger partial charge in [0, 0.05) is 19.0 Å². The summed E-state index contributed by atoms with van der Waals surface area (Å²) in [6.07, 6.45) is -7.40.